The van der Waals surface area contributed by atoms with E-state index in [1.807, 2.05) is 24.3 Å². The topological polar surface area (TPSA) is 61.9 Å². The summed E-state index contributed by atoms with van der Waals surface area (Å²) in [4.78, 5) is 10.9. The molecule has 0 amide bonds. The van der Waals surface area contributed by atoms with Crippen molar-refractivity contribution < 1.29 is 8.83 Å². The van der Waals surface area contributed by atoms with Crippen LogP contribution in [0.4, 0.5) is 0 Å². The van der Waals surface area contributed by atoms with Crippen LogP contribution >= 0.6 is 0 Å². The van der Waals surface area contributed by atoms with Crippen molar-refractivity contribution in [3.8, 4) is 89.8 Å². The Balaban J connectivity index is 0.000000139. The van der Waals surface area contributed by atoms with E-state index in [2.05, 4.69) is 325 Å². The van der Waals surface area contributed by atoms with Gasteiger partial charge in [0.1, 0.15) is 28.1 Å². The minimum absolute atomic E-state index is 0.846. The van der Waals surface area contributed by atoms with Gasteiger partial charge in [0.2, 0.25) is 0 Å². The third-order valence-corrected chi connectivity index (χ3v) is 18.4. The van der Waals surface area contributed by atoms with E-state index in [-0.39, 0.29) is 0 Å². The number of hydrogen-bond donors (Lipinski definition) is 0. The molecule has 19 aromatic rings. The summed E-state index contributed by atoms with van der Waals surface area (Å²) in [6.45, 7) is 0. The fraction of sp³-hybridized carbons (Fsp3) is 0. The number of furan rings is 2. The normalized spacial score (nSPS) is 11.6. The fourth-order valence-corrected chi connectivity index (χ4v) is 14.1. The third kappa shape index (κ3) is 9.34. The van der Waals surface area contributed by atoms with Gasteiger partial charge >= 0.3 is 0 Å². The Labute approximate surface area is 541 Å². The molecule has 0 aliphatic carbocycles. The molecule has 6 heterocycles. The lowest BCUT2D eigenvalue weighted by molar-refractivity contribution is 0.669. The van der Waals surface area contributed by atoms with Crippen molar-refractivity contribution in [2.75, 3.05) is 0 Å². The quantitative estimate of drug-likeness (QED) is 0.144. The Kier molecular flexibility index (Phi) is 13.1. The minimum atomic E-state index is 0.846. The van der Waals surface area contributed by atoms with Gasteiger partial charge in [-0.25, -0.2) is 9.97 Å². The zero-order valence-corrected chi connectivity index (χ0v) is 50.9. The maximum absolute atomic E-state index is 6.55. The fourth-order valence-electron chi connectivity index (χ4n) is 14.1. The second kappa shape index (κ2) is 22.7. The number of hydrogen-bond acceptors (Lipinski definition) is 4. The number of pyridine rings is 2. The first-order valence-corrected chi connectivity index (χ1v) is 31.9. The zero-order valence-electron chi connectivity index (χ0n) is 50.9. The van der Waals surface area contributed by atoms with Crippen LogP contribution in [0.1, 0.15) is 0 Å². The highest BCUT2D eigenvalue weighted by Gasteiger charge is 2.22. The van der Waals surface area contributed by atoms with Gasteiger partial charge in [-0.1, -0.05) is 249 Å². The lowest BCUT2D eigenvalue weighted by Crippen LogP contribution is -2.00. The summed E-state index contributed by atoms with van der Waals surface area (Å²) < 4.78 is 17.7. The molecule has 19 rings (SSSR count). The smallest absolute Gasteiger partial charge is 0.144 e. The van der Waals surface area contributed by atoms with Gasteiger partial charge < -0.3 is 13.4 Å². The van der Waals surface area contributed by atoms with Crippen LogP contribution in [0.2, 0.25) is 0 Å². The number of para-hydroxylation sites is 9. The molecule has 94 heavy (non-hydrogen) atoms. The zero-order chi connectivity index (χ0) is 62.1. The maximum atomic E-state index is 6.55. The molecule has 0 spiro atoms. The third-order valence-electron chi connectivity index (χ3n) is 18.4. The summed E-state index contributed by atoms with van der Waals surface area (Å²) in [5.74, 6) is 0.869. The molecular weight excluding hydrogens is 1140 g/mol. The highest BCUT2D eigenvalue weighted by molar-refractivity contribution is 6.15. The van der Waals surface area contributed by atoms with Crippen LogP contribution in [0, 0.1) is 0 Å². The second-order valence-corrected chi connectivity index (χ2v) is 23.9. The molecule has 0 radical (unpaired) electrons. The first-order valence-electron chi connectivity index (χ1n) is 31.9. The molecule has 440 valence electrons. The molecule has 0 saturated carbocycles. The number of fused-ring (bicyclic) bond motifs is 12. The van der Waals surface area contributed by atoms with Gasteiger partial charge in [-0.3, -0.25) is 4.57 Å². The monoisotopic (exact) mass is 1200 g/mol. The second-order valence-electron chi connectivity index (χ2n) is 23.9. The molecule has 0 N–H and O–H groups in total. The molecule has 0 saturated heterocycles. The predicted molar refractivity (Wildman–Crippen MR) is 390 cm³/mol. The number of aromatic nitrogens is 4. The summed E-state index contributed by atoms with van der Waals surface area (Å²) in [7, 11) is 0. The molecule has 0 unspecified atom stereocenters. The molecular formula is C88H56N4O2. The van der Waals surface area contributed by atoms with Crippen LogP contribution < -0.4 is 0 Å². The number of nitrogens with zero attached hydrogens (tertiary/aromatic N) is 4. The first-order chi connectivity index (χ1) is 46.6. The summed E-state index contributed by atoms with van der Waals surface area (Å²) in [5, 5.41) is 9.23. The average molecular weight is 1200 g/mol. The Bertz CT molecular complexity index is 6060. The van der Waals surface area contributed by atoms with Gasteiger partial charge in [-0.2, -0.15) is 0 Å². The van der Waals surface area contributed by atoms with Crippen LogP contribution in [0.5, 0.6) is 0 Å². The molecule has 0 bridgehead atoms. The van der Waals surface area contributed by atoms with Crippen molar-refractivity contribution in [3.05, 3.63) is 340 Å². The van der Waals surface area contributed by atoms with E-state index in [1.54, 1.807) is 0 Å². The first kappa shape index (κ1) is 54.3. The van der Waals surface area contributed by atoms with Gasteiger partial charge in [0.25, 0.3) is 0 Å². The number of benzene rings is 13. The Morgan fingerprint density at radius 1 is 0.223 bits per heavy atom. The van der Waals surface area contributed by atoms with Crippen molar-refractivity contribution in [3.63, 3.8) is 0 Å². The summed E-state index contributed by atoms with van der Waals surface area (Å²) >= 11 is 0. The van der Waals surface area contributed by atoms with Crippen LogP contribution in [0.25, 0.3) is 177 Å². The van der Waals surface area contributed by atoms with Crippen molar-refractivity contribution in [2.45, 2.75) is 0 Å². The average Bonchev–Trinajstić information content (AvgIpc) is 1.57. The van der Waals surface area contributed by atoms with Crippen LogP contribution in [-0.2, 0) is 0 Å². The van der Waals surface area contributed by atoms with Gasteiger partial charge in [0.05, 0.1) is 39.1 Å². The van der Waals surface area contributed by atoms with Gasteiger partial charge in [0, 0.05) is 65.5 Å². The van der Waals surface area contributed by atoms with Crippen molar-refractivity contribution in [1.29, 1.82) is 0 Å². The van der Waals surface area contributed by atoms with E-state index in [1.165, 1.54) is 49.3 Å². The van der Waals surface area contributed by atoms with Crippen molar-refractivity contribution in [2.24, 2.45) is 0 Å². The highest BCUT2D eigenvalue weighted by Crippen LogP contribution is 2.44. The Hall–Kier alpha value is -12.6. The highest BCUT2D eigenvalue weighted by atomic mass is 16.3. The molecule has 0 fully saturated rings. The lowest BCUT2D eigenvalue weighted by atomic mass is 9.96. The van der Waals surface area contributed by atoms with Crippen LogP contribution in [0.15, 0.2) is 349 Å². The Morgan fingerprint density at radius 2 is 0.574 bits per heavy atom. The summed E-state index contributed by atoms with van der Waals surface area (Å²) in [6.07, 6.45) is 0. The van der Waals surface area contributed by atoms with Gasteiger partial charge in [-0.15, -0.1) is 0 Å². The molecule has 6 nitrogen and oxygen atoms in total. The van der Waals surface area contributed by atoms with Crippen molar-refractivity contribution in [1.82, 2.24) is 19.1 Å². The Morgan fingerprint density at radius 3 is 1.10 bits per heavy atom. The van der Waals surface area contributed by atoms with E-state index in [0.29, 0.717) is 0 Å². The summed E-state index contributed by atoms with van der Waals surface area (Å²) in [6, 6.07) is 120. The number of rotatable bonds is 9. The molecule has 13 aromatic carbocycles. The molecule has 0 aliphatic rings. The lowest BCUT2D eigenvalue weighted by Gasteiger charge is -2.14. The maximum Gasteiger partial charge on any atom is 0.144 e. The minimum Gasteiger partial charge on any atom is -0.455 e. The van der Waals surface area contributed by atoms with Crippen LogP contribution in [-0.4, -0.2) is 19.1 Å². The SMILES string of the molecule is c1ccc(-c2cccc(-c3cc(-c4cccc5c4oc4ccccc45)nc(-c4cccc5c6ccccc6n(-c6ccccc6)c45)c3)c2)cc1.c1ccc(-c2cccc(-c3cc(-c4cccc5c4oc4ccccc45)nc(-n4c5ccccc5c5ccccc54)c3)c2)cc1. The van der Waals surface area contributed by atoms with Crippen molar-refractivity contribution >= 4 is 87.5 Å². The van der Waals surface area contributed by atoms with E-state index in [0.717, 1.165) is 128 Å². The molecule has 6 aromatic heterocycles. The van der Waals surface area contributed by atoms with Gasteiger partial charge in [0.15, 0.2) is 0 Å². The molecule has 0 atom stereocenters. The molecule has 0 aliphatic heterocycles. The van der Waals surface area contributed by atoms with Crippen LogP contribution in [0.3, 0.4) is 0 Å². The largest absolute Gasteiger partial charge is 0.455 e. The summed E-state index contributed by atoms with van der Waals surface area (Å²) in [5.41, 5.74) is 24.0. The predicted octanol–water partition coefficient (Wildman–Crippen LogP) is 23.8. The van der Waals surface area contributed by atoms with E-state index in [9.17, 15) is 0 Å². The van der Waals surface area contributed by atoms with Gasteiger partial charge in [-0.05, 0) is 136 Å². The standard InChI is InChI=1S/C47H30N2O.C41H26N2O/c1-3-14-31(15-4-1)32-16-11-17-33(28-32)34-29-42(48-43(30-34)41-25-13-23-39-37-21-8-10-27-45(37)50-47(39)41)40-24-12-22-38-36-20-7-9-26-44(36)49(46(38)40)35-18-5-2-6-19-35;1-2-12-27(13-3-1)28-14-10-15-29(24-28)30-25-36(35-20-11-19-34-33-18-6-9-23-39(33)44-41(34)35)42-40(26-30)43-37-21-7-4-16-31(37)32-17-5-8-22-38(32)43/h1-30H;1-26H. The van der Waals surface area contributed by atoms with E-state index in [4.69, 9.17) is 18.8 Å². The van der Waals surface area contributed by atoms with E-state index < -0.39 is 0 Å². The van der Waals surface area contributed by atoms with E-state index >= 15 is 0 Å². The molecule has 6 heteroatoms.